The molecule has 1 saturated heterocycles. The Bertz CT molecular complexity index is 729. The van der Waals surface area contributed by atoms with E-state index in [0.717, 1.165) is 23.2 Å². The lowest BCUT2D eigenvalue weighted by Gasteiger charge is -2.38. The van der Waals surface area contributed by atoms with Crippen LogP contribution in [-0.4, -0.2) is 50.9 Å². The third kappa shape index (κ3) is 5.19. The van der Waals surface area contributed by atoms with Gasteiger partial charge in [0.1, 0.15) is 0 Å². The van der Waals surface area contributed by atoms with Gasteiger partial charge in [0.05, 0.1) is 4.90 Å². The number of hydrogen-bond acceptors (Lipinski definition) is 4. The van der Waals surface area contributed by atoms with Crippen LogP contribution in [0.15, 0.2) is 17.0 Å². The molecule has 0 bridgehead atoms. The summed E-state index contributed by atoms with van der Waals surface area (Å²) in [6, 6.07) is 4.07. The van der Waals surface area contributed by atoms with Crippen LogP contribution < -0.4 is 10.0 Å². The number of sulfonamides is 1. The summed E-state index contributed by atoms with van der Waals surface area (Å²) in [4.78, 5) is 14.6. The van der Waals surface area contributed by atoms with E-state index in [4.69, 9.17) is 0 Å². The number of piperazine rings is 1. The van der Waals surface area contributed by atoms with Crippen molar-refractivity contribution >= 4 is 28.3 Å². The molecule has 2 rings (SSSR count). The van der Waals surface area contributed by atoms with Crippen LogP contribution in [0.5, 0.6) is 0 Å². The number of nitrogens with one attached hydrogen (secondary N) is 2. The fourth-order valence-corrected chi connectivity index (χ4v) is 4.99. The van der Waals surface area contributed by atoms with E-state index in [1.807, 2.05) is 30.9 Å². The Balaban J connectivity index is 0.00000338. The maximum Gasteiger partial charge on any atom is 0.241 e. The van der Waals surface area contributed by atoms with Gasteiger partial charge in [-0.15, -0.1) is 12.4 Å². The van der Waals surface area contributed by atoms with Gasteiger partial charge in [-0.3, -0.25) is 4.79 Å². The highest BCUT2D eigenvalue weighted by Crippen LogP contribution is 2.21. The average Bonchev–Trinajstić information content (AvgIpc) is 2.48. The van der Waals surface area contributed by atoms with Gasteiger partial charge in [-0.1, -0.05) is 17.7 Å². The topological polar surface area (TPSA) is 78.5 Å². The minimum atomic E-state index is -3.62. The molecule has 0 aliphatic carbocycles. The van der Waals surface area contributed by atoms with Gasteiger partial charge < -0.3 is 10.2 Å². The molecule has 2 atom stereocenters. The SMILES string of the molecule is Cc1cc(C)c(S(=O)(=O)NCCC(=O)N2CCNC(C)C2C)c(C)c1.Cl. The molecule has 1 aromatic carbocycles. The zero-order chi connectivity index (χ0) is 18.8. The molecule has 1 amide bonds. The van der Waals surface area contributed by atoms with E-state index in [9.17, 15) is 13.2 Å². The van der Waals surface area contributed by atoms with Crippen LogP contribution in [0.1, 0.15) is 37.0 Å². The van der Waals surface area contributed by atoms with E-state index < -0.39 is 10.0 Å². The standard InChI is InChI=1S/C18H29N3O3S.ClH/c1-12-10-13(2)18(14(3)11-12)25(23,24)20-7-6-17(22)21-9-8-19-15(4)16(21)5;/h10-11,15-16,19-20H,6-9H2,1-5H3;1H. The second-order valence-electron chi connectivity index (χ2n) is 6.95. The maximum absolute atomic E-state index is 12.6. The Morgan fingerprint density at radius 3 is 2.38 bits per heavy atom. The summed E-state index contributed by atoms with van der Waals surface area (Å²) in [7, 11) is -3.62. The van der Waals surface area contributed by atoms with Gasteiger partial charge in [0.15, 0.2) is 0 Å². The van der Waals surface area contributed by atoms with Gasteiger partial charge in [0.2, 0.25) is 15.9 Å². The molecule has 2 N–H and O–H groups in total. The highest BCUT2D eigenvalue weighted by Gasteiger charge is 2.28. The number of amides is 1. The zero-order valence-corrected chi connectivity index (χ0v) is 17.8. The molecule has 148 valence electrons. The molecule has 1 aliphatic rings. The van der Waals surface area contributed by atoms with Crippen molar-refractivity contribution in [2.24, 2.45) is 0 Å². The number of halogens is 1. The number of hydrogen-bond donors (Lipinski definition) is 2. The lowest BCUT2D eigenvalue weighted by Crippen LogP contribution is -2.57. The van der Waals surface area contributed by atoms with Crippen LogP contribution in [0.25, 0.3) is 0 Å². The van der Waals surface area contributed by atoms with Crippen LogP contribution in [0.3, 0.4) is 0 Å². The van der Waals surface area contributed by atoms with Crippen molar-refractivity contribution in [2.45, 2.75) is 58.0 Å². The van der Waals surface area contributed by atoms with Crippen molar-refractivity contribution < 1.29 is 13.2 Å². The zero-order valence-electron chi connectivity index (χ0n) is 16.1. The van der Waals surface area contributed by atoms with E-state index in [2.05, 4.69) is 17.0 Å². The maximum atomic E-state index is 12.6. The molecule has 0 saturated carbocycles. The van der Waals surface area contributed by atoms with Crippen LogP contribution >= 0.6 is 12.4 Å². The molecule has 1 fully saturated rings. The normalized spacial score (nSPS) is 20.6. The fourth-order valence-electron chi connectivity index (χ4n) is 3.51. The quantitative estimate of drug-likeness (QED) is 0.787. The van der Waals surface area contributed by atoms with Gasteiger partial charge >= 0.3 is 0 Å². The number of nitrogens with zero attached hydrogens (tertiary/aromatic N) is 1. The summed E-state index contributed by atoms with van der Waals surface area (Å²) < 4.78 is 27.8. The fraction of sp³-hybridized carbons (Fsp3) is 0.611. The molecule has 0 radical (unpaired) electrons. The van der Waals surface area contributed by atoms with Crippen molar-refractivity contribution in [3.8, 4) is 0 Å². The minimum absolute atomic E-state index is 0. The van der Waals surface area contributed by atoms with Crippen molar-refractivity contribution in [3.05, 3.63) is 28.8 Å². The van der Waals surface area contributed by atoms with Gasteiger partial charge in [-0.25, -0.2) is 13.1 Å². The van der Waals surface area contributed by atoms with Crippen molar-refractivity contribution in [1.29, 1.82) is 0 Å². The van der Waals surface area contributed by atoms with E-state index in [0.29, 0.717) is 11.4 Å². The molecular formula is C18H30ClN3O3S. The lowest BCUT2D eigenvalue weighted by molar-refractivity contribution is -0.134. The van der Waals surface area contributed by atoms with Crippen LogP contribution in [-0.2, 0) is 14.8 Å². The Kier molecular flexibility index (Phi) is 8.07. The average molecular weight is 404 g/mol. The first-order chi connectivity index (χ1) is 11.6. The number of benzene rings is 1. The molecule has 0 aromatic heterocycles. The predicted molar refractivity (Wildman–Crippen MR) is 106 cm³/mol. The molecule has 1 aliphatic heterocycles. The molecular weight excluding hydrogens is 374 g/mol. The molecule has 1 heterocycles. The minimum Gasteiger partial charge on any atom is -0.337 e. The first kappa shape index (κ1) is 22.9. The smallest absolute Gasteiger partial charge is 0.241 e. The number of carbonyl (C=O) groups is 1. The molecule has 1 aromatic rings. The number of carbonyl (C=O) groups excluding carboxylic acids is 1. The molecule has 8 heteroatoms. The van der Waals surface area contributed by atoms with E-state index in [1.54, 1.807) is 13.8 Å². The Labute approximate surface area is 163 Å². The predicted octanol–water partition coefficient (Wildman–Crippen LogP) is 1.91. The number of rotatable bonds is 5. The van der Waals surface area contributed by atoms with Gasteiger partial charge in [0, 0.05) is 38.1 Å². The first-order valence-corrected chi connectivity index (χ1v) is 10.2. The number of aryl methyl sites for hydroxylation is 3. The molecule has 0 spiro atoms. The summed E-state index contributed by atoms with van der Waals surface area (Å²) in [6.45, 7) is 11.1. The van der Waals surface area contributed by atoms with Crippen LogP contribution in [0.2, 0.25) is 0 Å². The second kappa shape index (κ2) is 9.17. The van der Waals surface area contributed by atoms with Crippen molar-refractivity contribution in [1.82, 2.24) is 14.9 Å². The summed E-state index contributed by atoms with van der Waals surface area (Å²) in [5.74, 6) is -0.0131. The third-order valence-corrected chi connectivity index (χ3v) is 6.62. The van der Waals surface area contributed by atoms with Crippen molar-refractivity contribution in [3.63, 3.8) is 0 Å². The molecule has 26 heavy (non-hydrogen) atoms. The largest absolute Gasteiger partial charge is 0.337 e. The second-order valence-corrected chi connectivity index (χ2v) is 8.65. The first-order valence-electron chi connectivity index (χ1n) is 8.74. The summed E-state index contributed by atoms with van der Waals surface area (Å²) >= 11 is 0. The van der Waals surface area contributed by atoms with E-state index in [-0.39, 0.29) is 43.4 Å². The van der Waals surface area contributed by atoms with E-state index >= 15 is 0 Å². The molecule has 6 nitrogen and oxygen atoms in total. The van der Waals surface area contributed by atoms with Gasteiger partial charge in [-0.05, 0) is 45.7 Å². The van der Waals surface area contributed by atoms with Crippen LogP contribution in [0.4, 0.5) is 0 Å². The highest BCUT2D eigenvalue weighted by molar-refractivity contribution is 7.89. The lowest BCUT2D eigenvalue weighted by atomic mass is 10.1. The highest BCUT2D eigenvalue weighted by atomic mass is 35.5. The van der Waals surface area contributed by atoms with Gasteiger partial charge in [-0.2, -0.15) is 0 Å². The van der Waals surface area contributed by atoms with Gasteiger partial charge in [0.25, 0.3) is 0 Å². The van der Waals surface area contributed by atoms with E-state index in [1.165, 1.54) is 0 Å². The van der Waals surface area contributed by atoms with Crippen molar-refractivity contribution in [2.75, 3.05) is 19.6 Å². The Morgan fingerprint density at radius 1 is 1.23 bits per heavy atom. The summed E-state index contributed by atoms with van der Waals surface area (Å²) in [5, 5.41) is 3.33. The van der Waals surface area contributed by atoms with Crippen LogP contribution in [0, 0.1) is 20.8 Å². The Hall–Kier alpha value is -1.15. The monoisotopic (exact) mass is 403 g/mol. The Morgan fingerprint density at radius 2 is 1.81 bits per heavy atom. The third-order valence-electron chi connectivity index (χ3n) is 4.86. The molecule has 2 unspecified atom stereocenters. The summed E-state index contributed by atoms with van der Waals surface area (Å²) in [6.07, 6.45) is 0.167. The summed E-state index contributed by atoms with van der Waals surface area (Å²) in [5.41, 5.74) is 2.48.